The van der Waals surface area contributed by atoms with Crippen LogP contribution in [0.3, 0.4) is 0 Å². The number of benzene rings is 3. The molecule has 4 rings (SSSR count). The van der Waals surface area contributed by atoms with E-state index in [-0.39, 0.29) is 0 Å². The van der Waals surface area contributed by atoms with E-state index in [1.807, 2.05) is 54.7 Å². The minimum absolute atomic E-state index is 0.746. The van der Waals surface area contributed by atoms with Crippen LogP contribution in [-0.4, -0.2) is 9.97 Å². The highest BCUT2D eigenvalue weighted by molar-refractivity contribution is 5.81. The first-order valence-corrected chi connectivity index (χ1v) is 8.36. The third kappa shape index (κ3) is 3.20. The normalized spacial score (nSPS) is 10.6. The number of aryl methyl sites for hydroxylation is 1. The van der Waals surface area contributed by atoms with Crippen molar-refractivity contribution in [2.45, 2.75) is 6.92 Å². The Labute approximate surface area is 147 Å². The third-order valence-electron chi connectivity index (χ3n) is 4.20. The van der Waals surface area contributed by atoms with Gasteiger partial charge in [-0.3, -0.25) is 0 Å². The maximum atomic E-state index is 4.91. The van der Waals surface area contributed by atoms with Crippen molar-refractivity contribution >= 4 is 0 Å². The molecule has 0 amide bonds. The quantitative estimate of drug-likeness (QED) is 0.477. The van der Waals surface area contributed by atoms with Crippen molar-refractivity contribution in [2.24, 2.45) is 0 Å². The van der Waals surface area contributed by atoms with E-state index in [1.165, 1.54) is 5.56 Å². The zero-order valence-corrected chi connectivity index (χ0v) is 14.1. The van der Waals surface area contributed by atoms with E-state index in [1.54, 1.807) is 0 Å². The molecular formula is C23H18N2. The molecule has 0 fully saturated rings. The van der Waals surface area contributed by atoms with Gasteiger partial charge in [0, 0.05) is 22.9 Å². The summed E-state index contributed by atoms with van der Waals surface area (Å²) in [4.78, 5) is 9.54. The summed E-state index contributed by atoms with van der Waals surface area (Å²) in [6, 6.07) is 28.9. The summed E-state index contributed by atoms with van der Waals surface area (Å²) < 4.78 is 0. The van der Waals surface area contributed by atoms with Gasteiger partial charge in [-0.25, -0.2) is 9.97 Å². The lowest BCUT2D eigenvalue weighted by atomic mass is 9.99. The molecule has 0 aliphatic carbocycles. The van der Waals surface area contributed by atoms with Crippen molar-refractivity contribution < 1.29 is 0 Å². The molecular weight excluding hydrogens is 304 g/mol. The Morgan fingerprint density at radius 2 is 1.28 bits per heavy atom. The molecule has 3 aromatic carbocycles. The molecule has 120 valence electrons. The van der Waals surface area contributed by atoms with Crippen LogP contribution < -0.4 is 0 Å². The second-order valence-electron chi connectivity index (χ2n) is 6.06. The molecule has 2 nitrogen and oxygen atoms in total. The highest BCUT2D eigenvalue weighted by Gasteiger charge is 2.12. The summed E-state index contributed by atoms with van der Waals surface area (Å²) in [5, 5.41) is 0. The van der Waals surface area contributed by atoms with Gasteiger partial charge < -0.3 is 0 Å². The topological polar surface area (TPSA) is 25.8 Å². The Hall–Kier alpha value is -3.26. The smallest absolute Gasteiger partial charge is 0.159 e. The predicted molar refractivity (Wildman–Crippen MR) is 103 cm³/mol. The first kappa shape index (κ1) is 15.3. The molecule has 0 N–H and O–H groups in total. The lowest BCUT2D eigenvalue weighted by molar-refractivity contribution is 1.18. The average Bonchev–Trinajstić information content (AvgIpc) is 2.69. The van der Waals surface area contributed by atoms with E-state index >= 15 is 0 Å². The summed E-state index contributed by atoms with van der Waals surface area (Å²) in [6.07, 6.45) is 1.94. The van der Waals surface area contributed by atoms with E-state index in [9.17, 15) is 0 Å². The van der Waals surface area contributed by atoms with Crippen LogP contribution in [0.25, 0.3) is 33.8 Å². The fourth-order valence-electron chi connectivity index (χ4n) is 2.95. The van der Waals surface area contributed by atoms with Gasteiger partial charge in [-0.15, -0.1) is 0 Å². The second kappa shape index (κ2) is 6.70. The minimum atomic E-state index is 0.746. The molecule has 0 aliphatic heterocycles. The number of hydrogen-bond donors (Lipinski definition) is 0. The number of rotatable bonds is 3. The Kier molecular flexibility index (Phi) is 4.09. The maximum absolute atomic E-state index is 4.91. The third-order valence-corrected chi connectivity index (χ3v) is 4.20. The zero-order valence-electron chi connectivity index (χ0n) is 14.1. The van der Waals surface area contributed by atoms with Gasteiger partial charge in [0.15, 0.2) is 5.82 Å². The van der Waals surface area contributed by atoms with Crippen LogP contribution in [0, 0.1) is 6.92 Å². The van der Waals surface area contributed by atoms with Crippen molar-refractivity contribution in [3.8, 4) is 33.8 Å². The molecule has 0 aliphatic rings. The molecule has 4 aromatic rings. The van der Waals surface area contributed by atoms with Crippen molar-refractivity contribution in [3.63, 3.8) is 0 Å². The van der Waals surface area contributed by atoms with Gasteiger partial charge in [0.25, 0.3) is 0 Å². The largest absolute Gasteiger partial charge is 0.236 e. The second-order valence-corrected chi connectivity index (χ2v) is 6.06. The van der Waals surface area contributed by atoms with Crippen LogP contribution in [0.1, 0.15) is 5.56 Å². The molecule has 1 aromatic heterocycles. The van der Waals surface area contributed by atoms with Crippen LogP contribution in [0.2, 0.25) is 0 Å². The Morgan fingerprint density at radius 1 is 0.640 bits per heavy atom. The van der Waals surface area contributed by atoms with Crippen LogP contribution in [0.5, 0.6) is 0 Å². The number of nitrogens with zero attached hydrogens (tertiary/aromatic N) is 2. The molecule has 0 radical (unpaired) electrons. The summed E-state index contributed by atoms with van der Waals surface area (Å²) in [7, 11) is 0. The average molecular weight is 322 g/mol. The highest BCUT2D eigenvalue weighted by Crippen LogP contribution is 2.32. The van der Waals surface area contributed by atoms with Gasteiger partial charge in [0.05, 0.1) is 5.69 Å². The maximum Gasteiger partial charge on any atom is 0.159 e. The molecule has 0 bridgehead atoms. The standard InChI is InChI=1S/C23H18N2/c1-17-9-8-14-20(15-17)21-16-24-23(19-12-6-3-7-13-19)25-22(21)18-10-4-2-5-11-18/h2-16H,1H3. The fraction of sp³-hybridized carbons (Fsp3) is 0.0435. The van der Waals surface area contributed by atoms with Gasteiger partial charge in [-0.1, -0.05) is 90.5 Å². The van der Waals surface area contributed by atoms with Crippen molar-refractivity contribution in [2.75, 3.05) is 0 Å². The zero-order chi connectivity index (χ0) is 17.1. The van der Waals surface area contributed by atoms with E-state index < -0.39 is 0 Å². The van der Waals surface area contributed by atoms with E-state index in [0.717, 1.165) is 33.8 Å². The Morgan fingerprint density at radius 3 is 1.96 bits per heavy atom. The molecule has 0 spiro atoms. The van der Waals surface area contributed by atoms with Crippen LogP contribution in [0.15, 0.2) is 91.1 Å². The number of aromatic nitrogens is 2. The Balaban J connectivity index is 1.93. The van der Waals surface area contributed by atoms with Crippen LogP contribution >= 0.6 is 0 Å². The SMILES string of the molecule is Cc1cccc(-c2cnc(-c3ccccc3)nc2-c2ccccc2)c1. The van der Waals surface area contributed by atoms with Gasteiger partial charge in [0.1, 0.15) is 0 Å². The summed E-state index contributed by atoms with van der Waals surface area (Å²) >= 11 is 0. The van der Waals surface area contributed by atoms with Crippen molar-refractivity contribution in [1.29, 1.82) is 0 Å². The van der Waals surface area contributed by atoms with Gasteiger partial charge in [0.2, 0.25) is 0 Å². The molecule has 0 atom stereocenters. The first-order valence-electron chi connectivity index (χ1n) is 8.36. The molecule has 1 heterocycles. The monoisotopic (exact) mass is 322 g/mol. The van der Waals surface area contributed by atoms with Crippen LogP contribution in [-0.2, 0) is 0 Å². The van der Waals surface area contributed by atoms with Gasteiger partial charge >= 0.3 is 0 Å². The molecule has 0 saturated heterocycles. The molecule has 2 heteroatoms. The molecule has 0 saturated carbocycles. The van der Waals surface area contributed by atoms with Crippen molar-refractivity contribution in [3.05, 3.63) is 96.7 Å². The first-order chi connectivity index (χ1) is 12.3. The van der Waals surface area contributed by atoms with Crippen LogP contribution in [0.4, 0.5) is 0 Å². The fourth-order valence-corrected chi connectivity index (χ4v) is 2.95. The predicted octanol–water partition coefficient (Wildman–Crippen LogP) is 5.79. The van der Waals surface area contributed by atoms with Crippen molar-refractivity contribution in [1.82, 2.24) is 9.97 Å². The van der Waals surface area contributed by atoms with E-state index in [2.05, 4.69) is 48.3 Å². The lowest BCUT2D eigenvalue weighted by Crippen LogP contribution is -1.96. The van der Waals surface area contributed by atoms with E-state index in [4.69, 9.17) is 4.98 Å². The van der Waals surface area contributed by atoms with Gasteiger partial charge in [-0.05, 0) is 12.5 Å². The Bertz CT molecular complexity index is 993. The summed E-state index contributed by atoms with van der Waals surface area (Å²) in [6.45, 7) is 2.10. The molecule has 0 unspecified atom stereocenters. The summed E-state index contributed by atoms with van der Waals surface area (Å²) in [5.41, 5.74) is 6.49. The minimum Gasteiger partial charge on any atom is -0.236 e. The molecule has 25 heavy (non-hydrogen) atoms. The van der Waals surface area contributed by atoms with Gasteiger partial charge in [-0.2, -0.15) is 0 Å². The number of hydrogen-bond acceptors (Lipinski definition) is 2. The highest BCUT2D eigenvalue weighted by atomic mass is 14.9. The summed E-state index contributed by atoms with van der Waals surface area (Å²) in [5.74, 6) is 0.746. The lowest BCUT2D eigenvalue weighted by Gasteiger charge is -2.11. The van der Waals surface area contributed by atoms with E-state index in [0.29, 0.717) is 0 Å².